The molecular weight excluding hydrogens is 326 g/mol. The van der Waals surface area contributed by atoms with E-state index in [9.17, 15) is 4.79 Å². The first-order valence-corrected chi connectivity index (χ1v) is 10.1. The fourth-order valence-corrected chi connectivity index (χ4v) is 5.35. The summed E-state index contributed by atoms with van der Waals surface area (Å²) in [6.45, 7) is 1.74. The van der Waals surface area contributed by atoms with Crippen LogP contribution in [0, 0.1) is 0 Å². The van der Waals surface area contributed by atoms with Crippen molar-refractivity contribution < 1.29 is 4.79 Å². The van der Waals surface area contributed by atoms with Crippen LogP contribution in [0.2, 0.25) is 0 Å². The molecule has 1 saturated heterocycles. The third kappa shape index (κ3) is 2.58. The Morgan fingerprint density at radius 3 is 3.04 bits per heavy atom. The van der Waals surface area contributed by atoms with Gasteiger partial charge in [0.2, 0.25) is 5.91 Å². The van der Waals surface area contributed by atoms with E-state index in [-0.39, 0.29) is 11.3 Å². The van der Waals surface area contributed by atoms with E-state index in [2.05, 4.69) is 25.3 Å². The Morgan fingerprint density at radius 2 is 2.08 bits per heavy atom. The number of aromatic amines is 2. The molecule has 3 aliphatic rings. The zero-order valence-electron chi connectivity index (χ0n) is 15.3. The molecule has 3 heterocycles. The summed E-state index contributed by atoms with van der Waals surface area (Å²) in [5.74, 6) is 0.282. The molecule has 1 amide bonds. The van der Waals surface area contributed by atoms with Gasteiger partial charge in [0.05, 0.1) is 11.9 Å². The maximum atomic E-state index is 12.9. The number of amides is 1. The van der Waals surface area contributed by atoms with Gasteiger partial charge in [-0.25, -0.2) is 0 Å². The lowest BCUT2D eigenvalue weighted by Gasteiger charge is -2.40. The number of carbonyl (C=O) groups excluding carboxylic acids is 1. The predicted octanol–water partition coefficient (Wildman–Crippen LogP) is 2.45. The van der Waals surface area contributed by atoms with Gasteiger partial charge in [-0.2, -0.15) is 10.2 Å². The number of aromatic nitrogens is 4. The second-order valence-electron chi connectivity index (χ2n) is 8.30. The number of piperidine rings is 1. The molecule has 0 radical (unpaired) electrons. The van der Waals surface area contributed by atoms with Crippen LogP contribution in [-0.2, 0) is 35.9 Å². The molecule has 1 unspecified atom stereocenters. The van der Waals surface area contributed by atoms with Gasteiger partial charge in [-0.15, -0.1) is 0 Å². The quantitative estimate of drug-likeness (QED) is 0.890. The Bertz CT molecular complexity index is 822. The van der Waals surface area contributed by atoms with Crippen molar-refractivity contribution in [1.29, 1.82) is 0 Å². The molecule has 2 aromatic rings. The van der Waals surface area contributed by atoms with Gasteiger partial charge in [0.25, 0.3) is 0 Å². The molecular formula is C20H27N5O. The standard InChI is InChI=1S/C20H27N5O/c26-18(7-6-17-15-4-1-2-5-16(15)22-23-17)25-11-3-9-20(13-25)10-8-14-12-21-24-19(14)20/h12H,1-11,13H2,(H,21,24)(H,22,23). The van der Waals surface area contributed by atoms with Crippen LogP contribution in [0.25, 0.3) is 0 Å². The molecule has 6 nitrogen and oxygen atoms in total. The van der Waals surface area contributed by atoms with E-state index >= 15 is 0 Å². The van der Waals surface area contributed by atoms with Crippen LogP contribution < -0.4 is 0 Å². The van der Waals surface area contributed by atoms with Crippen LogP contribution in [0.15, 0.2) is 6.20 Å². The van der Waals surface area contributed by atoms with Gasteiger partial charge >= 0.3 is 0 Å². The highest BCUT2D eigenvalue weighted by molar-refractivity contribution is 5.76. The highest BCUT2D eigenvalue weighted by atomic mass is 16.2. The van der Waals surface area contributed by atoms with Crippen LogP contribution in [-0.4, -0.2) is 44.3 Å². The lowest BCUT2D eigenvalue weighted by Crippen LogP contribution is -2.47. The number of likely N-dealkylation sites (tertiary alicyclic amines) is 1. The average molecular weight is 353 g/mol. The molecule has 2 aromatic heterocycles. The summed E-state index contributed by atoms with van der Waals surface area (Å²) in [5, 5.41) is 15.1. The van der Waals surface area contributed by atoms with Crippen molar-refractivity contribution in [2.24, 2.45) is 0 Å². The Labute approximate surface area is 153 Å². The number of carbonyl (C=O) groups is 1. The fourth-order valence-electron chi connectivity index (χ4n) is 5.35. The molecule has 138 valence electrons. The average Bonchev–Trinajstić information content (AvgIpc) is 3.38. The number of fused-ring (bicyclic) bond motifs is 3. The van der Waals surface area contributed by atoms with E-state index in [1.807, 2.05) is 6.20 Å². The minimum atomic E-state index is 0.116. The molecule has 0 saturated carbocycles. The first-order valence-electron chi connectivity index (χ1n) is 10.1. The van der Waals surface area contributed by atoms with E-state index in [4.69, 9.17) is 0 Å². The first-order chi connectivity index (χ1) is 12.8. The monoisotopic (exact) mass is 353 g/mol. The number of H-pyrrole nitrogens is 2. The second-order valence-corrected chi connectivity index (χ2v) is 8.30. The smallest absolute Gasteiger partial charge is 0.222 e. The highest BCUT2D eigenvalue weighted by Crippen LogP contribution is 2.43. The molecule has 1 fully saturated rings. The van der Waals surface area contributed by atoms with Crippen LogP contribution in [0.3, 0.4) is 0 Å². The summed E-state index contributed by atoms with van der Waals surface area (Å²) in [7, 11) is 0. The Kier molecular flexibility index (Phi) is 3.87. The molecule has 5 rings (SSSR count). The normalized spacial score (nSPS) is 24.7. The van der Waals surface area contributed by atoms with Gasteiger partial charge in [-0.05, 0) is 62.5 Å². The molecule has 1 atom stereocenters. The van der Waals surface area contributed by atoms with Crippen LogP contribution in [0.4, 0.5) is 0 Å². The van der Waals surface area contributed by atoms with Crippen molar-refractivity contribution in [3.05, 3.63) is 34.4 Å². The van der Waals surface area contributed by atoms with E-state index < -0.39 is 0 Å². The third-order valence-electron chi connectivity index (χ3n) is 6.77. The lowest BCUT2D eigenvalue weighted by atomic mass is 9.77. The van der Waals surface area contributed by atoms with Crippen LogP contribution in [0.1, 0.15) is 66.7 Å². The summed E-state index contributed by atoms with van der Waals surface area (Å²) in [6.07, 6.45) is 12.5. The Morgan fingerprint density at radius 1 is 1.15 bits per heavy atom. The lowest BCUT2D eigenvalue weighted by molar-refractivity contribution is -0.133. The van der Waals surface area contributed by atoms with Gasteiger partial charge in [0.15, 0.2) is 0 Å². The van der Waals surface area contributed by atoms with Gasteiger partial charge in [0, 0.05) is 42.7 Å². The molecule has 6 heteroatoms. The van der Waals surface area contributed by atoms with Crippen LogP contribution >= 0.6 is 0 Å². The molecule has 1 aliphatic heterocycles. The van der Waals surface area contributed by atoms with E-state index in [0.717, 1.165) is 57.3 Å². The Balaban J connectivity index is 1.26. The number of nitrogens with one attached hydrogen (secondary N) is 2. The van der Waals surface area contributed by atoms with E-state index in [0.29, 0.717) is 6.42 Å². The highest BCUT2D eigenvalue weighted by Gasteiger charge is 2.44. The number of aryl methyl sites for hydroxylation is 3. The molecule has 0 bridgehead atoms. The molecule has 1 spiro atoms. The van der Waals surface area contributed by atoms with Crippen molar-refractivity contribution in [3.63, 3.8) is 0 Å². The van der Waals surface area contributed by atoms with Crippen molar-refractivity contribution in [3.8, 4) is 0 Å². The zero-order valence-corrected chi connectivity index (χ0v) is 15.3. The SMILES string of the molecule is O=C(CCc1n[nH]c2c1CCCC2)N1CCCC2(CCc3cn[nH]c32)C1. The fraction of sp³-hybridized carbons (Fsp3) is 0.650. The largest absolute Gasteiger partial charge is 0.342 e. The Hall–Kier alpha value is -2.11. The predicted molar refractivity (Wildman–Crippen MR) is 98.0 cm³/mol. The maximum absolute atomic E-state index is 12.9. The zero-order chi connectivity index (χ0) is 17.6. The summed E-state index contributed by atoms with van der Waals surface area (Å²) < 4.78 is 0. The first kappa shape index (κ1) is 16.1. The number of nitrogens with zero attached hydrogens (tertiary/aromatic N) is 3. The number of hydrogen-bond acceptors (Lipinski definition) is 3. The minimum Gasteiger partial charge on any atom is -0.342 e. The van der Waals surface area contributed by atoms with Crippen molar-refractivity contribution in [2.75, 3.05) is 13.1 Å². The maximum Gasteiger partial charge on any atom is 0.222 e. The van der Waals surface area contributed by atoms with Crippen molar-refractivity contribution in [2.45, 2.75) is 69.6 Å². The van der Waals surface area contributed by atoms with Gasteiger partial charge < -0.3 is 4.90 Å². The van der Waals surface area contributed by atoms with E-state index in [1.54, 1.807) is 0 Å². The second kappa shape index (κ2) is 6.25. The number of rotatable bonds is 3. The summed E-state index contributed by atoms with van der Waals surface area (Å²) in [6, 6.07) is 0. The summed E-state index contributed by atoms with van der Waals surface area (Å²) >= 11 is 0. The molecule has 2 N–H and O–H groups in total. The van der Waals surface area contributed by atoms with Crippen LogP contribution in [0.5, 0.6) is 0 Å². The number of hydrogen-bond donors (Lipinski definition) is 2. The molecule has 26 heavy (non-hydrogen) atoms. The van der Waals surface area contributed by atoms with Gasteiger partial charge in [0.1, 0.15) is 0 Å². The minimum absolute atomic E-state index is 0.116. The van der Waals surface area contributed by atoms with Crippen molar-refractivity contribution in [1.82, 2.24) is 25.3 Å². The van der Waals surface area contributed by atoms with Gasteiger partial charge in [-0.1, -0.05) is 0 Å². The summed E-state index contributed by atoms with van der Waals surface area (Å²) in [4.78, 5) is 15.0. The van der Waals surface area contributed by atoms with E-state index in [1.165, 1.54) is 41.8 Å². The van der Waals surface area contributed by atoms with Gasteiger partial charge in [-0.3, -0.25) is 15.0 Å². The van der Waals surface area contributed by atoms with Crippen molar-refractivity contribution >= 4 is 5.91 Å². The third-order valence-corrected chi connectivity index (χ3v) is 6.77. The molecule has 2 aliphatic carbocycles. The summed E-state index contributed by atoms with van der Waals surface area (Å²) in [5.41, 5.74) is 6.56. The topological polar surface area (TPSA) is 77.7 Å². The molecule has 0 aromatic carbocycles.